The van der Waals surface area contributed by atoms with Gasteiger partial charge in [0.1, 0.15) is 5.82 Å². The van der Waals surface area contributed by atoms with Gasteiger partial charge in [-0.15, -0.1) is 11.3 Å². The summed E-state index contributed by atoms with van der Waals surface area (Å²) in [6.07, 6.45) is 5.67. The van der Waals surface area contributed by atoms with Gasteiger partial charge in [-0.2, -0.15) is 4.98 Å². The molecule has 9 nitrogen and oxygen atoms in total. The highest BCUT2D eigenvalue weighted by Gasteiger charge is 2.22. The standard InChI is InChI=1S/C16H19N7O2S/c17-15-20-12(8-14(25)21-15)22-3-1-10(2-4-22)18-13(24)7-11-9-23-5-6-26-16(23)19-11/h5-6,8-10H,1-4,7H2,(H,18,24)(H3,17,20,21,25). The number of aromatic amines is 1. The van der Waals surface area contributed by atoms with E-state index in [1.807, 2.05) is 27.1 Å². The van der Waals surface area contributed by atoms with Gasteiger partial charge in [-0.25, -0.2) is 4.98 Å². The molecule has 0 saturated carbocycles. The van der Waals surface area contributed by atoms with Gasteiger partial charge in [-0.05, 0) is 12.8 Å². The molecule has 1 aliphatic rings. The van der Waals surface area contributed by atoms with E-state index in [-0.39, 0.29) is 29.9 Å². The average molecular weight is 373 g/mol. The fraction of sp³-hybridized carbons (Fsp3) is 0.375. The highest BCUT2D eigenvalue weighted by Crippen LogP contribution is 2.17. The van der Waals surface area contributed by atoms with Crippen LogP contribution in [0.3, 0.4) is 0 Å². The minimum absolute atomic E-state index is 0.0206. The molecule has 0 spiro atoms. The maximum absolute atomic E-state index is 12.3. The van der Waals surface area contributed by atoms with E-state index in [1.165, 1.54) is 6.07 Å². The number of amides is 1. The fourth-order valence-corrected chi connectivity index (χ4v) is 3.90. The van der Waals surface area contributed by atoms with Crippen molar-refractivity contribution < 1.29 is 4.79 Å². The van der Waals surface area contributed by atoms with Crippen molar-refractivity contribution >= 4 is 34.0 Å². The average Bonchev–Trinajstić information content (AvgIpc) is 3.16. The van der Waals surface area contributed by atoms with Crippen LogP contribution in [0.1, 0.15) is 18.5 Å². The molecule has 1 amide bonds. The van der Waals surface area contributed by atoms with Crippen LogP contribution >= 0.6 is 11.3 Å². The first-order valence-electron chi connectivity index (χ1n) is 8.39. The summed E-state index contributed by atoms with van der Waals surface area (Å²) in [5.74, 6) is 0.671. The molecule has 10 heteroatoms. The minimum Gasteiger partial charge on any atom is -0.369 e. The second kappa shape index (κ2) is 6.79. The number of nitrogens with one attached hydrogen (secondary N) is 2. The summed E-state index contributed by atoms with van der Waals surface area (Å²) in [6, 6.07) is 1.56. The number of rotatable bonds is 4. The number of H-pyrrole nitrogens is 1. The molecule has 0 radical (unpaired) electrons. The van der Waals surface area contributed by atoms with Crippen molar-refractivity contribution in [3.63, 3.8) is 0 Å². The SMILES string of the molecule is Nc1nc(N2CCC(NC(=O)Cc3cn4ccsc4n3)CC2)cc(=O)[nH]1. The predicted molar refractivity (Wildman–Crippen MR) is 99.4 cm³/mol. The molecule has 0 atom stereocenters. The van der Waals surface area contributed by atoms with E-state index in [2.05, 4.69) is 20.3 Å². The smallest absolute Gasteiger partial charge is 0.254 e. The number of nitrogens with zero attached hydrogens (tertiary/aromatic N) is 4. The minimum atomic E-state index is -0.261. The summed E-state index contributed by atoms with van der Waals surface area (Å²) in [5.41, 5.74) is 6.11. The molecule has 0 bridgehead atoms. The van der Waals surface area contributed by atoms with Gasteiger partial charge >= 0.3 is 0 Å². The van der Waals surface area contributed by atoms with Crippen LogP contribution in [0.2, 0.25) is 0 Å². The van der Waals surface area contributed by atoms with Crippen LogP contribution in [-0.4, -0.2) is 44.4 Å². The van der Waals surface area contributed by atoms with Crippen molar-refractivity contribution in [2.45, 2.75) is 25.3 Å². The number of carbonyl (C=O) groups excluding carboxylic acids is 1. The third-order valence-corrected chi connectivity index (χ3v) is 5.19. The zero-order valence-corrected chi connectivity index (χ0v) is 14.8. The van der Waals surface area contributed by atoms with Crippen LogP contribution in [0.5, 0.6) is 0 Å². The highest BCUT2D eigenvalue weighted by molar-refractivity contribution is 7.15. The molecule has 0 unspecified atom stereocenters. The molecule has 0 aromatic carbocycles. The Kier molecular flexibility index (Phi) is 4.33. The Morgan fingerprint density at radius 2 is 2.19 bits per heavy atom. The predicted octanol–water partition coefficient (Wildman–Crippen LogP) is 0.389. The number of nitrogen functional groups attached to an aromatic ring is 1. The second-order valence-electron chi connectivity index (χ2n) is 6.32. The van der Waals surface area contributed by atoms with E-state index >= 15 is 0 Å². The third kappa shape index (κ3) is 3.54. The Labute approximate surface area is 152 Å². The number of nitrogens with two attached hydrogens (primary N) is 1. The highest BCUT2D eigenvalue weighted by atomic mass is 32.1. The van der Waals surface area contributed by atoms with E-state index in [0.29, 0.717) is 18.9 Å². The fourth-order valence-electron chi connectivity index (χ4n) is 3.18. The van der Waals surface area contributed by atoms with E-state index in [0.717, 1.165) is 23.5 Å². The number of fused-ring (bicyclic) bond motifs is 1. The lowest BCUT2D eigenvalue weighted by Gasteiger charge is -2.33. The lowest BCUT2D eigenvalue weighted by Crippen LogP contribution is -2.45. The molecule has 3 aromatic heterocycles. The Balaban J connectivity index is 1.31. The van der Waals surface area contributed by atoms with Gasteiger partial charge in [-0.1, -0.05) is 0 Å². The third-order valence-electron chi connectivity index (χ3n) is 4.42. The Morgan fingerprint density at radius 3 is 2.92 bits per heavy atom. The number of hydrogen-bond donors (Lipinski definition) is 3. The number of aromatic nitrogens is 4. The molecule has 4 heterocycles. The van der Waals surface area contributed by atoms with Gasteiger partial charge in [0, 0.05) is 43.0 Å². The Morgan fingerprint density at radius 1 is 1.38 bits per heavy atom. The molecule has 4 rings (SSSR count). The van der Waals surface area contributed by atoms with Gasteiger partial charge in [-0.3, -0.25) is 19.0 Å². The monoisotopic (exact) mass is 373 g/mol. The summed E-state index contributed by atoms with van der Waals surface area (Å²) < 4.78 is 1.92. The van der Waals surface area contributed by atoms with Crippen LogP contribution in [0.25, 0.3) is 4.96 Å². The van der Waals surface area contributed by atoms with Crippen molar-refractivity contribution in [1.82, 2.24) is 24.7 Å². The largest absolute Gasteiger partial charge is 0.369 e. The number of anilines is 2. The van der Waals surface area contributed by atoms with Gasteiger partial charge in [0.05, 0.1) is 12.1 Å². The molecular formula is C16H19N7O2S. The number of hydrogen-bond acceptors (Lipinski definition) is 7. The molecule has 3 aromatic rings. The summed E-state index contributed by atoms with van der Waals surface area (Å²) in [4.78, 5) is 37.7. The van der Waals surface area contributed by atoms with Crippen LogP contribution in [0.15, 0.2) is 28.6 Å². The first kappa shape index (κ1) is 16.6. The number of imidazole rings is 1. The Bertz CT molecular complexity index is 955. The number of carbonyl (C=O) groups is 1. The Hall–Kier alpha value is -2.88. The summed E-state index contributed by atoms with van der Waals surface area (Å²) in [7, 11) is 0. The summed E-state index contributed by atoms with van der Waals surface area (Å²) in [5, 5.41) is 5.04. The zero-order chi connectivity index (χ0) is 18.1. The van der Waals surface area contributed by atoms with Crippen molar-refractivity contribution in [1.29, 1.82) is 0 Å². The normalized spacial score (nSPS) is 15.5. The molecule has 0 aliphatic carbocycles. The topological polar surface area (TPSA) is 121 Å². The molecule has 4 N–H and O–H groups in total. The summed E-state index contributed by atoms with van der Waals surface area (Å²) >= 11 is 1.55. The van der Waals surface area contributed by atoms with Crippen molar-refractivity contribution in [3.8, 4) is 0 Å². The molecule has 1 saturated heterocycles. The van der Waals surface area contributed by atoms with Crippen LogP contribution in [-0.2, 0) is 11.2 Å². The van der Waals surface area contributed by atoms with E-state index in [4.69, 9.17) is 5.73 Å². The van der Waals surface area contributed by atoms with Crippen molar-refractivity contribution in [2.24, 2.45) is 0 Å². The molecule has 1 aliphatic heterocycles. The number of piperidine rings is 1. The van der Waals surface area contributed by atoms with Crippen molar-refractivity contribution in [2.75, 3.05) is 23.7 Å². The first-order chi connectivity index (χ1) is 12.6. The lowest BCUT2D eigenvalue weighted by molar-refractivity contribution is -0.121. The van der Waals surface area contributed by atoms with E-state index in [1.54, 1.807) is 11.3 Å². The van der Waals surface area contributed by atoms with E-state index < -0.39 is 0 Å². The quantitative estimate of drug-likeness (QED) is 0.608. The first-order valence-corrected chi connectivity index (χ1v) is 9.27. The molecule has 1 fully saturated rings. The molecular weight excluding hydrogens is 354 g/mol. The second-order valence-corrected chi connectivity index (χ2v) is 7.19. The van der Waals surface area contributed by atoms with E-state index in [9.17, 15) is 9.59 Å². The zero-order valence-electron chi connectivity index (χ0n) is 14.0. The maximum atomic E-state index is 12.3. The lowest BCUT2D eigenvalue weighted by atomic mass is 10.0. The summed E-state index contributed by atoms with van der Waals surface area (Å²) in [6.45, 7) is 1.42. The molecule has 136 valence electrons. The van der Waals surface area contributed by atoms with Crippen LogP contribution < -0.4 is 21.5 Å². The maximum Gasteiger partial charge on any atom is 0.254 e. The van der Waals surface area contributed by atoms with Gasteiger partial charge in [0.2, 0.25) is 11.9 Å². The van der Waals surface area contributed by atoms with Crippen LogP contribution in [0, 0.1) is 0 Å². The van der Waals surface area contributed by atoms with Gasteiger partial charge < -0.3 is 16.0 Å². The van der Waals surface area contributed by atoms with Crippen LogP contribution in [0.4, 0.5) is 11.8 Å². The van der Waals surface area contributed by atoms with Gasteiger partial charge in [0.25, 0.3) is 5.56 Å². The van der Waals surface area contributed by atoms with Crippen molar-refractivity contribution in [3.05, 3.63) is 39.9 Å². The molecule has 26 heavy (non-hydrogen) atoms. The number of thiazole rings is 1. The van der Waals surface area contributed by atoms with Gasteiger partial charge in [0.15, 0.2) is 4.96 Å².